The number of halogens is 1. The third kappa shape index (κ3) is 3.27. The third-order valence-corrected chi connectivity index (χ3v) is 4.14. The van der Waals surface area contributed by atoms with Crippen LogP contribution in [0.1, 0.15) is 37.2 Å². The molecule has 1 N–H and O–H groups in total. The Morgan fingerprint density at radius 3 is 3.00 bits per heavy atom. The van der Waals surface area contributed by atoms with Crippen LogP contribution in [0.4, 0.5) is 4.39 Å². The molecule has 3 rings (SSSR count). The van der Waals surface area contributed by atoms with E-state index in [4.69, 9.17) is 0 Å². The zero-order valence-corrected chi connectivity index (χ0v) is 13.4. The third-order valence-electron chi connectivity index (χ3n) is 4.14. The predicted octanol–water partition coefficient (Wildman–Crippen LogP) is 2.28. The van der Waals surface area contributed by atoms with Gasteiger partial charge < -0.3 is 9.88 Å². The van der Waals surface area contributed by atoms with Crippen LogP contribution in [0.3, 0.4) is 0 Å². The van der Waals surface area contributed by atoms with Gasteiger partial charge in [0, 0.05) is 31.9 Å². The number of nitrogens with one attached hydrogen (secondary N) is 1. The Bertz CT molecular complexity index is 697. The van der Waals surface area contributed by atoms with Crippen molar-refractivity contribution in [2.75, 3.05) is 13.1 Å². The molecule has 0 saturated carbocycles. The zero-order valence-electron chi connectivity index (χ0n) is 13.4. The monoisotopic (exact) mass is 316 g/mol. The number of hydrogen-bond acceptors (Lipinski definition) is 3. The second kappa shape index (κ2) is 6.50. The van der Waals surface area contributed by atoms with Crippen LogP contribution in [0.5, 0.6) is 0 Å². The zero-order chi connectivity index (χ0) is 16.4. The Morgan fingerprint density at radius 1 is 1.43 bits per heavy atom. The fraction of sp³-hybridized carbons (Fsp3) is 0.412. The Labute approximate surface area is 135 Å². The highest BCUT2D eigenvalue weighted by molar-refractivity contribution is 5.83. The molecule has 0 aliphatic carbocycles. The lowest BCUT2D eigenvalue weighted by Gasteiger charge is -2.35. The molecule has 0 spiro atoms. The maximum absolute atomic E-state index is 13.6. The molecule has 5 nitrogen and oxygen atoms in total. The summed E-state index contributed by atoms with van der Waals surface area (Å²) in [7, 11) is 0. The summed E-state index contributed by atoms with van der Waals surface area (Å²) in [5.74, 6) is -0.412. The van der Waals surface area contributed by atoms with Gasteiger partial charge >= 0.3 is 0 Å². The number of amides is 1. The molecule has 0 bridgehead atoms. The summed E-state index contributed by atoms with van der Waals surface area (Å²) in [5, 5.41) is 2.87. The number of benzene rings is 1. The molecule has 1 saturated heterocycles. The number of hydrogen-bond donors (Lipinski definition) is 1. The van der Waals surface area contributed by atoms with Gasteiger partial charge in [0.05, 0.1) is 12.0 Å². The molecule has 1 aromatic heterocycles. The summed E-state index contributed by atoms with van der Waals surface area (Å²) in [4.78, 5) is 18.7. The molecule has 6 heteroatoms. The first-order chi connectivity index (χ1) is 11.1. The van der Waals surface area contributed by atoms with Gasteiger partial charge in [0.1, 0.15) is 11.9 Å². The Hall–Kier alpha value is -2.21. The molecule has 0 radical (unpaired) electrons. The van der Waals surface area contributed by atoms with Crippen LogP contribution in [0.25, 0.3) is 0 Å². The summed E-state index contributed by atoms with van der Waals surface area (Å²) in [6, 6.07) is 6.09. The van der Waals surface area contributed by atoms with Gasteiger partial charge in [-0.05, 0) is 31.5 Å². The van der Waals surface area contributed by atoms with Gasteiger partial charge in [-0.1, -0.05) is 12.1 Å². The number of aromatic nitrogens is 2. The van der Waals surface area contributed by atoms with Crippen LogP contribution < -0.4 is 5.32 Å². The first-order valence-electron chi connectivity index (χ1n) is 7.84. The highest BCUT2D eigenvalue weighted by Crippen LogP contribution is 2.26. The highest BCUT2D eigenvalue weighted by Gasteiger charge is 2.31. The normalized spacial score (nSPS) is 19.1. The van der Waals surface area contributed by atoms with E-state index in [2.05, 4.69) is 33.6 Å². The van der Waals surface area contributed by atoms with Crippen molar-refractivity contribution in [1.82, 2.24) is 19.8 Å². The molecular weight excluding hydrogens is 295 g/mol. The van der Waals surface area contributed by atoms with Crippen molar-refractivity contribution in [2.45, 2.75) is 32.5 Å². The first-order valence-corrected chi connectivity index (χ1v) is 7.84. The Morgan fingerprint density at radius 2 is 2.26 bits per heavy atom. The van der Waals surface area contributed by atoms with E-state index >= 15 is 0 Å². The predicted molar refractivity (Wildman–Crippen MR) is 85.2 cm³/mol. The van der Waals surface area contributed by atoms with E-state index in [1.165, 1.54) is 12.1 Å². The van der Waals surface area contributed by atoms with Crippen molar-refractivity contribution < 1.29 is 9.18 Å². The summed E-state index contributed by atoms with van der Waals surface area (Å²) >= 11 is 0. The van der Waals surface area contributed by atoms with Crippen LogP contribution in [0, 0.1) is 5.82 Å². The molecule has 1 fully saturated rings. The van der Waals surface area contributed by atoms with Crippen LogP contribution in [-0.2, 0) is 11.3 Å². The van der Waals surface area contributed by atoms with Gasteiger partial charge in [-0.25, -0.2) is 9.37 Å². The first kappa shape index (κ1) is 15.7. The summed E-state index contributed by atoms with van der Waals surface area (Å²) in [6.07, 6.45) is 3.64. The van der Waals surface area contributed by atoms with E-state index in [0.29, 0.717) is 24.7 Å². The van der Waals surface area contributed by atoms with E-state index in [-0.39, 0.29) is 11.7 Å². The summed E-state index contributed by atoms with van der Waals surface area (Å²) in [5.41, 5.74) is 1.73. The fourth-order valence-electron chi connectivity index (χ4n) is 3.05. The van der Waals surface area contributed by atoms with Crippen molar-refractivity contribution >= 4 is 5.91 Å². The largest absolute Gasteiger partial charge is 0.353 e. The lowest BCUT2D eigenvalue weighted by molar-refractivity contribution is -0.129. The number of nitrogens with zero attached hydrogens (tertiary/aromatic N) is 3. The molecule has 1 aromatic carbocycles. The highest BCUT2D eigenvalue weighted by atomic mass is 19.1. The molecule has 1 aliphatic heterocycles. The summed E-state index contributed by atoms with van der Waals surface area (Å²) in [6.45, 7) is 6.11. The minimum Gasteiger partial charge on any atom is -0.353 e. The second-order valence-corrected chi connectivity index (χ2v) is 6.11. The number of imidazole rings is 1. The van der Waals surface area contributed by atoms with Crippen molar-refractivity contribution in [3.05, 3.63) is 53.9 Å². The average molecular weight is 316 g/mol. The van der Waals surface area contributed by atoms with Gasteiger partial charge in [0.15, 0.2) is 0 Å². The standard InChI is InChI=1S/C17H21FN4O/c1-12(2)22-11-19-9-15(22)10-21-7-6-20-17(23)16(21)13-4-3-5-14(18)8-13/h3-5,8-9,11-12,16H,6-7,10H2,1-2H3,(H,20,23)/t16-/m1/s1. The van der Waals surface area contributed by atoms with Crippen LogP contribution >= 0.6 is 0 Å². The number of carbonyl (C=O) groups excluding carboxylic acids is 1. The van der Waals surface area contributed by atoms with Crippen molar-refractivity contribution in [1.29, 1.82) is 0 Å². The molecule has 0 unspecified atom stereocenters. The minimum atomic E-state index is -0.477. The topological polar surface area (TPSA) is 50.2 Å². The molecular formula is C17H21FN4O. The lowest BCUT2D eigenvalue weighted by atomic mass is 10.0. The summed E-state index contributed by atoms with van der Waals surface area (Å²) < 4.78 is 15.7. The Kier molecular flexibility index (Phi) is 4.43. The molecule has 122 valence electrons. The smallest absolute Gasteiger partial charge is 0.242 e. The van der Waals surface area contributed by atoms with Gasteiger partial charge in [0.25, 0.3) is 0 Å². The van der Waals surface area contributed by atoms with E-state index in [1.807, 2.05) is 6.20 Å². The molecule has 2 aromatic rings. The minimum absolute atomic E-state index is 0.0857. The maximum atomic E-state index is 13.6. The van der Waals surface area contributed by atoms with E-state index < -0.39 is 6.04 Å². The Balaban J connectivity index is 1.89. The average Bonchev–Trinajstić information content (AvgIpc) is 2.96. The van der Waals surface area contributed by atoms with E-state index in [0.717, 1.165) is 12.2 Å². The molecule has 1 amide bonds. The molecule has 23 heavy (non-hydrogen) atoms. The fourth-order valence-corrected chi connectivity index (χ4v) is 3.05. The van der Waals surface area contributed by atoms with Crippen LogP contribution in [0.15, 0.2) is 36.8 Å². The SMILES string of the molecule is CC(C)n1cncc1CN1CCNC(=O)[C@H]1c1cccc(F)c1. The number of carbonyl (C=O) groups is 1. The van der Waals surface area contributed by atoms with Gasteiger partial charge in [-0.2, -0.15) is 0 Å². The molecule has 2 heterocycles. The number of piperazine rings is 1. The maximum Gasteiger partial charge on any atom is 0.242 e. The second-order valence-electron chi connectivity index (χ2n) is 6.11. The molecule has 1 atom stereocenters. The van der Waals surface area contributed by atoms with E-state index in [9.17, 15) is 9.18 Å². The van der Waals surface area contributed by atoms with Crippen molar-refractivity contribution in [2.24, 2.45) is 0 Å². The molecule has 1 aliphatic rings. The van der Waals surface area contributed by atoms with Gasteiger partial charge in [-0.3, -0.25) is 9.69 Å². The van der Waals surface area contributed by atoms with Gasteiger partial charge in [-0.15, -0.1) is 0 Å². The van der Waals surface area contributed by atoms with E-state index in [1.54, 1.807) is 18.5 Å². The number of rotatable bonds is 4. The van der Waals surface area contributed by atoms with Crippen molar-refractivity contribution in [3.8, 4) is 0 Å². The van der Waals surface area contributed by atoms with Crippen LogP contribution in [-0.4, -0.2) is 33.4 Å². The van der Waals surface area contributed by atoms with Crippen LogP contribution in [0.2, 0.25) is 0 Å². The van der Waals surface area contributed by atoms with Gasteiger partial charge in [0.2, 0.25) is 5.91 Å². The van der Waals surface area contributed by atoms with Crippen molar-refractivity contribution in [3.63, 3.8) is 0 Å². The quantitative estimate of drug-likeness (QED) is 0.941. The lowest BCUT2D eigenvalue weighted by Crippen LogP contribution is -2.49.